The van der Waals surface area contributed by atoms with E-state index in [1.165, 1.54) is 12.1 Å². The average molecular weight is 273 g/mol. The van der Waals surface area contributed by atoms with Crippen LogP contribution >= 0.6 is 11.6 Å². The fourth-order valence-electron chi connectivity index (χ4n) is 1.44. The van der Waals surface area contributed by atoms with E-state index in [1.54, 1.807) is 6.07 Å². The maximum Gasteiger partial charge on any atom is 0.221 e. The minimum Gasteiger partial charge on any atom is -0.356 e. The molecule has 0 aliphatic carbocycles. The third-order valence-electron chi connectivity index (χ3n) is 2.43. The van der Waals surface area contributed by atoms with Gasteiger partial charge in [0.2, 0.25) is 5.91 Å². The number of amides is 1. The molecule has 5 heteroatoms. The summed E-state index contributed by atoms with van der Waals surface area (Å²) in [6.07, 6.45) is 1.36. The molecule has 0 spiro atoms. The lowest BCUT2D eigenvalue weighted by atomic mass is 10.2. The van der Waals surface area contributed by atoms with Crippen molar-refractivity contribution in [2.24, 2.45) is 0 Å². The molecule has 0 radical (unpaired) electrons. The van der Waals surface area contributed by atoms with E-state index >= 15 is 0 Å². The van der Waals surface area contributed by atoms with Crippen LogP contribution < -0.4 is 10.6 Å². The zero-order chi connectivity index (χ0) is 13.4. The van der Waals surface area contributed by atoms with Gasteiger partial charge in [0.05, 0.1) is 0 Å². The zero-order valence-corrected chi connectivity index (χ0v) is 11.2. The predicted octanol–water partition coefficient (Wildman–Crippen LogP) is 2.49. The normalized spacial score (nSPS) is 10.4. The number of carbonyl (C=O) groups excluding carboxylic acids is 1. The standard InChI is InChI=1S/C13H18ClFN2O/c1-2-6-17-13(18)5-7-16-9-10-3-4-11(15)8-12(10)14/h3-4,8,16H,2,5-7,9H2,1H3,(H,17,18). The van der Waals surface area contributed by atoms with Crippen LogP contribution in [0.1, 0.15) is 25.3 Å². The Balaban J connectivity index is 2.23. The smallest absolute Gasteiger partial charge is 0.221 e. The second kappa shape index (κ2) is 8.06. The lowest BCUT2D eigenvalue weighted by Crippen LogP contribution is -2.28. The van der Waals surface area contributed by atoms with E-state index in [4.69, 9.17) is 11.6 Å². The summed E-state index contributed by atoms with van der Waals surface area (Å²) in [5.74, 6) is -0.308. The molecule has 0 saturated carbocycles. The van der Waals surface area contributed by atoms with E-state index in [-0.39, 0.29) is 11.7 Å². The quantitative estimate of drug-likeness (QED) is 0.749. The van der Waals surface area contributed by atoms with Gasteiger partial charge in [0, 0.05) is 31.1 Å². The third kappa shape index (κ3) is 5.47. The first kappa shape index (κ1) is 14.9. The maximum atomic E-state index is 12.8. The first-order valence-electron chi connectivity index (χ1n) is 6.04. The molecule has 0 aromatic heterocycles. The van der Waals surface area contributed by atoms with Crippen molar-refractivity contribution in [3.63, 3.8) is 0 Å². The maximum absolute atomic E-state index is 12.8. The first-order valence-corrected chi connectivity index (χ1v) is 6.42. The fraction of sp³-hybridized carbons (Fsp3) is 0.462. The predicted molar refractivity (Wildman–Crippen MR) is 71.0 cm³/mol. The van der Waals surface area contributed by atoms with Crippen LogP contribution in [0.3, 0.4) is 0 Å². The molecule has 0 saturated heterocycles. The van der Waals surface area contributed by atoms with E-state index in [0.29, 0.717) is 31.1 Å². The number of hydrogen-bond acceptors (Lipinski definition) is 2. The summed E-state index contributed by atoms with van der Waals surface area (Å²) in [7, 11) is 0. The molecule has 18 heavy (non-hydrogen) atoms. The van der Waals surface area contributed by atoms with Crippen molar-refractivity contribution < 1.29 is 9.18 Å². The van der Waals surface area contributed by atoms with E-state index < -0.39 is 0 Å². The number of halogens is 2. The second-order valence-corrected chi connectivity index (χ2v) is 4.42. The highest BCUT2D eigenvalue weighted by molar-refractivity contribution is 6.31. The van der Waals surface area contributed by atoms with Crippen molar-refractivity contribution >= 4 is 17.5 Å². The molecule has 1 amide bonds. The van der Waals surface area contributed by atoms with Gasteiger partial charge in [0.25, 0.3) is 0 Å². The summed E-state index contributed by atoms with van der Waals surface area (Å²) in [6.45, 7) is 3.82. The SMILES string of the molecule is CCCNC(=O)CCNCc1ccc(F)cc1Cl. The Labute approximate surface area is 112 Å². The molecule has 1 rings (SSSR count). The fourth-order valence-corrected chi connectivity index (χ4v) is 1.68. The summed E-state index contributed by atoms with van der Waals surface area (Å²) >= 11 is 5.88. The molecule has 100 valence electrons. The molecule has 0 atom stereocenters. The molecule has 3 nitrogen and oxygen atoms in total. The molecular formula is C13H18ClFN2O. The van der Waals surface area contributed by atoms with Crippen LogP contribution in [0.5, 0.6) is 0 Å². The Bertz CT molecular complexity index is 399. The largest absolute Gasteiger partial charge is 0.356 e. The van der Waals surface area contributed by atoms with Gasteiger partial charge in [-0.2, -0.15) is 0 Å². The van der Waals surface area contributed by atoms with Crippen molar-refractivity contribution in [3.8, 4) is 0 Å². The van der Waals surface area contributed by atoms with Crippen molar-refractivity contribution in [1.29, 1.82) is 0 Å². The van der Waals surface area contributed by atoms with E-state index in [9.17, 15) is 9.18 Å². The van der Waals surface area contributed by atoms with Crippen LogP contribution in [-0.2, 0) is 11.3 Å². The molecule has 0 aliphatic heterocycles. The molecule has 0 aliphatic rings. The second-order valence-electron chi connectivity index (χ2n) is 4.01. The van der Waals surface area contributed by atoms with Crippen LogP contribution in [0.2, 0.25) is 5.02 Å². The topological polar surface area (TPSA) is 41.1 Å². The molecule has 2 N–H and O–H groups in total. The minimum atomic E-state index is -0.345. The Morgan fingerprint density at radius 1 is 1.39 bits per heavy atom. The molecule has 0 heterocycles. The molecule has 0 fully saturated rings. The van der Waals surface area contributed by atoms with E-state index in [1.807, 2.05) is 6.92 Å². The summed E-state index contributed by atoms with van der Waals surface area (Å²) < 4.78 is 12.8. The molecule has 0 bridgehead atoms. The van der Waals surface area contributed by atoms with E-state index in [2.05, 4.69) is 10.6 Å². The average Bonchev–Trinajstić information content (AvgIpc) is 2.34. The summed E-state index contributed by atoms with van der Waals surface area (Å²) in [4.78, 5) is 11.3. The van der Waals surface area contributed by atoms with E-state index in [0.717, 1.165) is 12.0 Å². The van der Waals surface area contributed by atoms with Crippen LogP contribution in [0, 0.1) is 5.82 Å². The highest BCUT2D eigenvalue weighted by atomic mass is 35.5. The van der Waals surface area contributed by atoms with Gasteiger partial charge in [-0.1, -0.05) is 24.6 Å². The van der Waals surface area contributed by atoms with Gasteiger partial charge in [0.1, 0.15) is 5.82 Å². The monoisotopic (exact) mass is 272 g/mol. The highest BCUT2D eigenvalue weighted by Crippen LogP contribution is 2.16. The van der Waals surface area contributed by atoms with Gasteiger partial charge < -0.3 is 10.6 Å². The zero-order valence-electron chi connectivity index (χ0n) is 10.4. The highest BCUT2D eigenvalue weighted by Gasteiger charge is 2.03. The van der Waals surface area contributed by atoms with Crippen molar-refractivity contribution in [2.75, 3.05) is 13.1 Å². The van der Waals surface area contributed by atoms with Gasteiger partial charge in [-0.05, 0) is 24.1 Å². The van der Waals surface area contributed by atoms with Crippen molar-refractivity contribution in [3.05, 3.63) is 34.6 Å². The third-order valence-corrected chi connectivity index (χ3v) is 2.78. The van der Waals surface area contributed by atoms with Gasteiger partial charge in [-0.3, -0.25) is 4.79 Å². The van der Waals surface area contributed by atoms with Crippen molar-refractivity contribution in [1.82, 2.24) is 10.6 Å². The van der Waals surface area contributed by atoms with Gasteiger partial charge in [-0.15, -0.1) is 0 Å². The Morgan fingerprint density at radius 2 is 2.17 bits per heavy atom. The van der Waals surface area contributed by atoms with Crippen LogP contribution in [0.15, 0.2) is 18.2 Å². The van der Waals surface area contributed by atoms with Gasteiger partial charge >= 0.3 is 0 Å². The van der Waals surface area contributed by atoms with Gasteiger partial charge in [0.15, 0.2) is 0 Å². The number of rotatable bonds is 7. The van der Waals surface area contributed by atoms with Crippen molar-refractivity contribution in [2.45, 2.75) is 26.3 Å². The summed E-state index contributed by atoms with van der Waals surface area (Å²) in [6, 6.07) is 4.30. The summed E-state index contributed by atoms with van der Waals surface area (Å²) in [5.41, 5.74) is 0.826. The van der Waals surface area contributed by atoms with Crippen LogP contribution in [0.4, 0.5) is 4.39 Å². The van der Waals surface area contributed by atoms with Gasteiger partial charge in [-0.25, -0.2) is 4.39 Å². The number of carbonyl (C=O) groups is 1. The summed E-state index contributed by atoms with van der Waals surface area (Å²) in [5, 5.41) is 6.30. The Hall–Kier alpha value is -1.13. The molecule has 0 unspecified atom stereocenters. The van der Waals surface area contributed by atoms with Crippen LogP contribution in [-0.4, -0.2) is 19.0 Å². The minimum absolute atomic E-state index is 0.0366. The lowest BCUT2D eigenvalue weighted by molar-refractivity contribution is -0.120. The molecular weight excluding hydrogens is 255 g/mol. The molecule has 1 aromatic carbocycles. The first-order chi connectivity index (χ1) is 8.63. The number of hydrogen-bond donors (Lipinski definition) is 2. The molecule has 1 aromatic rings. The van der Waals surface area contributed by atoms with Crippen LogP contribution in [0.25, 0.3) is 0 Å². The lowest BCUT2D eigenvalue weighted by Gasteiger charge is -2.07. The number of nitrogens with one attached hydrogen (secondary N) is 2. The Kier molecular flexibility index (Phi) is 6.68. The number of benzene rings is 1. The Morgan fingerprint density at radius 3 is 2.83 bits per heavy atom.